The van der Waals surface area contributed by atoms with Gasteiger partial charge in [0.2, 0.25) is 0 Å². The molecule has 1 aromatic heterocycles. The van der Waals surface area contributed by atoms with Crippen molar-refractivity contribution in [2.75, 3.05) is 0 Å². The van der Waals surface area contributed by atoms with E-state index in [-0.39, 0.29) is 4.90 Å². The molecule has 4 rings (SSSR count). The van der Waals surface area contributed by atoms with Gasteiger partial charge in [-0.15, -0.1) is 0 Å². The van der Waals surface area contributed by atoms with E-state index < -0.39 is 10.0 Å². The molecule has 0 N–H and O–H groups in total. The lowest BCUT2D eigenvalue weighted by atomic mass is 10.2. The van der Waals surface area contributed by atoms with Crippen LogP contribution in [-0.4, -0.2) is 17.4 Å². The third-order valence-corrected chi connectivity index (χ3v) is 6.85. The number of hydrogen-bond donors (Lipinski definition) is 0. The van der Waals surface area contributed by atoms with Crippen molar-refractivity contribution >= 4 is 37.0 Å². The smallest absolute Gasteiger partial charge is 0.269 e. The van der Waals surface area contributed by atoms with Crippen LogP contribution in [0.5, 0.6) is 5.75 Å². The van der Waals surface area contributed by atoms with Crippen molar-refractivity contribution in [1.29, 1.82) is 0 Å². The molecule has 0 saturated heterocycles. The first-order valence-electron chi connectivity index (χ1n) is 9.04. The number of ether oxygens (including phenoxy) is 1. The van der Waals surface area contributed by atoms with Crippen LogP contribution < -0.4 is 4.74 Å². The highest BCUT2D eigenvalue weighted by atomic mass is 79.9. The molecule has 0 spiro atoms. The highest BCUT2D eigenvalue weighted by Gasteiger charge is 2.25. The molecular weight excluding hydrogens is 452 g/mol. The Labute approximate surface area is 178 Å². The van der Waals surface area contributed by atoms with Gasteiger partial charge < -0.3 is 4.74 Å². The molecule has 1 heterocycles. The molecule has 0 saturated carbocycles. The van der Waals surface area contributed by atoms with Crippen LogP contribution in [0.3, 0.4) is 0 Å². The topological polar surface area (TPSA) is 61.2 Å². The summed E-state index contributed by atoms with van der Waals surface area (Å²) in [5.41, 5.74) is 2.97. The summed E-state index contributed by atoms with van der Waals surface area (Å²) in [6, 6.07) is 20.1. The zero-order chi connectivity index (χ0) is 20.6. The third-order valence-electron chi connectivity index (χ3n) is 4.60. The molecule has 29 heavy (non-hydrogen) atoms. The minimum Gasteiger partial charge on any atom is -0.487 e. The van der Waals surface area contributed by atoms with E-state index in [2.05, 4.69) is 20.9 Å². The summed E-state index contributed by atoms with van der Waals surface area (Å²) in [6.45, 7) is 3.92. The lowest BCUT2D eigenvalue weighted by Crippen LogP contribution is -2.15. The van der Waals surface area contributed by atoms with Crippen LogP contribution in [0.4, 0.5) is 0 Å². The summed E-state index contributed by atoms with van der Waals surface area (Å²) < 4.78 is 34.9. The molecule has 7 heteroatoms. The van der Waals surface area contributed by atoms with Crippen molar-refractivity contribution in [3.63, 3.8) is 0 Å². The molecule has 0 aliphatic carbocycles. The predicted molar refractivity (Wildman–Crippen MR) is 117 cm³/mol. The van der Waals surface area contributed by atoms with E-state index in [4.69, 9.17) is 4.74 Å². The lowest BCUT2D eigenvalue weighted by molar-refractivity contribution is 0.309. The maximum atomic E-state index is 13.4. The summed E-state index contributed by atoms with van der Waals surface area (Å²) in [7, 11) is -3.83. The number of halogens is 1. The van der Waals surface area contributed by atoms with Gasteiger partial charge in [0.25, 0.3) is 10.0 Å². The minimum atomic E-state index is -3.83. The number of fused-ring (bicyclic) bond motifs is 1. The number of hydrogen-bond acceptors (Lipinski definition) is 4. The molecule has 0 amide bonds. The molecule has 0 radical (unpaired) electrons. The fraction of sp³-hybridized carbons (Fsp3) is 0.136. The predicted octanol–water partition coefficient (Wildman–Crippen LogP) is 5.23. The molecule has 0 atom stereocenters. The van der Waals surface area contributed by atoms with Gasteiger partial charge in [-0.2, -0.15) is 0 Å². The summed E-state index contributed by atoms with van der Waals surface area (Å²) in [5.74, 6) is 0.831. The SMILES string of the molecule is Cc1ccc(S(=O)(=O)n2c(C)nc3cc(Br)cc(OCc4ccccc4)c32)cc1. The van der Waals surface area contributed by atoms with Crippen LogP contribution in [0.2, 0.25) is 0 Å². The second kappa shape index (κ2) is 7.65. The maximum absolute atomic E-state index is 13.4. The molecule has 0 bridgehead atoms. The van der Waals surface area contributed by atoms with E-state index in [1.165, 1.54) is 3.97 Å². The normalized spacial score (nSPS) is 11.7. The van der Waals surface area contributed by atoms with Crippen LogP contribution in [0.25, 0.3) is 11.0 Å². The molecule has 3 aromatic carbocycles. The van der Waals surface area contributed by atoms with Gasteiger partial charge in [0.1, 0.15) is 23.7 Å². The monoisotopic (exact) mass is 470 g/mol. The molecule has 148 valence electrons. The van der Waals surface area contributed by atoms with E-state index in [0.717, 1.165) is 15.6 Å². The number of aryl methyl sites for hydroxylation is 2. The van der Waals surface area contributed by atoms with Crippen molar-refractivity contribution in [1.82, 2.24) is 8.96 Å². The highest BCUT2D eigenvalue weighted by Crippen LogP contribution is 2.34. The number of rotatable bonds is 5. The van der Waals surface area contributed by atoms with Crippen LogP contribution in [0.15, 0.2) is 76.1 Å². The number of aromatic nitrogens is 2. The van der Waals surface area contributed by atoms with Gasteiger partial charge in [-0.1, -0.05) is 64.0 Å². The van der Waals surface area contributed by atoms with Gasteiger partial charge in [-0.25, -0.2) is 17.4 Å². The first-order valence-corrected chi connectivity index (χ1v) is 11.3. The maximum Gasteiger partial charge on any atom is 0.269 e. The van der Waals surface area contributed by atoms with Crippen LogP contribution in [0.1, 0.15) is 17.0 Å². The average Bonchev–Trinajstić information content (AvgIpc) is 3.03. The quantitative estimate of drug-likeness (QED) is 0.400. The van der Waals surface area contributed by atoms with Crippen molar-refractivity contribution in [2.45, 2.75) is 25.3 Å². The minimum absolute atomic E-state index is 0.211. The van der Waals surface area contributed by atoms with Crippen LogP contribution >= 0.6 is 15.9 Å². The van der Waals surface area contributed by atoms with Crippen molar-refractivity contribution in [3.8, 4) is 5.75 Å². The largest absolute Gasteiger partial charge is 0.487 e. The number of imidazole rings is 1. The van der Waals surface area contributed by atoms with Gasteiger partial charge in [0, 0.05) is 4.47 Å². The van der Waals surface area contributed by atoms with Gasteiger partial charge in [0.15, 0.2) is 0 Å². The Hall–Kier alpha value is -2.64. The van der Waals surface area contributed by atoms with Crippen molar-refractivity contribution < 1.29 is 13.2 Å². The average molecular weight is 471 g/mol. The zero-order valence-electron chi connectivity index (χ0n) is 16.0. The Bertz CT molecular complexity index is 1280. The molecule has 4 aromatic rings. The number of benzene rings is 3. The molecule has 0 aliphatic heterocycles. The Kier molecular flexibility index (Phi) is 5.19. The Morgan fingerprint density at radius 2 is 1.69 bits per heavy atom. The number of nitrogens with zero attached hydrogens (tertiary/aromatic N) is 2. The summed E-state index contributed by atoms with van der Waals surface area (Å²) >= 11 is 3.47. The third kappa shape index (κ3) is 3.80. The molecular formula is C22H19BrN2O3S. The fourth-order valence-corrected chi connectivity index (χ4v) is 5.11. The molecule has 0 aliphatic rings. The van der Waals surface area contributed by atoms with E-state index in [1.54, 1.807) is 43.3 Å². The van der Waals surface area contributed by atoms with Gasteiger partial charge in [-0.3, -0.25) is 0 Å². The zero-order valence-corrected chi connectivity index (χ0v) is 18.4. The Morgan fingerprint density at radius 3 is 2.38 bits per heavy atom. The molecule has 0 unspecified atom stereocenters. The summed E-state index contributed by atoms with van der Waals surface area (Å²) in [5, 5.41) is 0. The first-order chi connectivity index (χ1) is 13.9. The second-order valence-electron chi connectivity index (χ2n) is 6.79. The highest BCUT2D eigenvalue weighted by molar-refractivity contribution is 9.10. The van der Waals surface area contributed by atoms with E-state index in [9.17, 15) is 8.42 Å². The van der Waals surface area contributed by atoms with Crippen molar-refractivity contribution in [3.05, 3.63) is 88.2 Å². The molecule has 0 fully saturated rings. The Balaban J connectivity index is 1.86. The summed E-state index contributed by atoms with van der Waals surface area (Å²) in [6.07, 6.45) is 0. The second-order valence-corrected chi connectivity index (χ2v) is 9.49. The first kappa shape index (κ1) is 19.7. The van der Waals surface area contributed by atoms with Gasteiger partial charge in [-0.05, 0) is 43.7 Å². The van der Waals surface area contributed by atoms with E-state index in [0.29, 0.717) is 29.2 Å². The Morgan fingerprint density at radius 1 is 1.00 bits per heavy atom. The van der Waals surface area contributed by atoms with Crippen LogP contribution in [-0.2, 0) is 16.6 Å². The van der Waals surface area contributed by atoms with Gasteiger partial charge in [0.05, 0.1) is 10.4 Å². The van der Waals surface area contributed by atoms with Gasteiger partial charge >= 0.3 is 0 Å². The lowest BCUT2D eigenvalue weighted by Gasteiger charge is -2.13. The van der Waals surface area contributed by atoms with E-state index >= 15 is 0 Å². The molecule has 5 nitrogen and oxygen atoms in total. The standard InChI is InChI=1S/C22H19BrN2O3S/c1-15-8-10-19(11-9-15)29(26,27)25-16(2)24-20-12-18(23)13-21(22(20)25)28-14-17-6-4-3-5-7-17/h3-13H,14H2,1-2H3. The fourth-order valence-electron chi connectivity index (χ4n) is 3.19. The summed E-state index contributed by atoms with van der Waals surface area (Å²) in [4.78, 5) is 4.68. The van der Waals surface area contributed by atoms with E-state index in [1.807, 2.05) is 37.3 Å². The van der Waals surface area contributed by atoms with Crippen molar-refractivity contribution in [2.24, 2.45) is 0 Å². The van der Waals surface area contributed by atoms with Crippen LogP contribution in [0, 0.1) is 13.8 Å².